The second kappa shape index (κ2) is 7.97. The lowest BCUT2D eigenvalue weighted by atomic mass is 10.2. The van der Waals surface area contributed by atoms with Crippen LogP contribution in [-0.4, -0.2) is 42.7 Å². The topological polar surface area (TPSA) is 40.6 Å². The van der Waals surface area contributed by atoms with Gasteiger partial charge in [-0.05, 0) is 17.7 Å². The molecule has 0 unspecified atom stereocenters. The molecule has 0 atom stereocenters. The van der Waals surface area contributed by atoms with Gasteiger partial charge in [0.15, 0.2) is 0 Å². The van der Waals surface area contributed by atoms with Crippen LogP contribution in [0.3, 0.4) is 0 Å². The largest absolute Gasteiger partial charge is 0.368 e. The molecule has 2 aromatic rings. The summed E-state index contributed by atoms with van der Waals surface area (Å²) in [6.07, 6.45) is 1.76. The Morgan fingerprint density at radius 1 is 1.08 bits per heavy atom. The maximum absolute atomic E-state index is 12.7. The Labute approximate surface area is 154 Å². The molecule has 6 heteroatoms. The second-order valence-electron chi connectivity index (χ2n) is 5.91. The van der Waals surface area contributed by atoms with E-state index in [-0.39, 0.29) is 0 Å². The molecule has 1 saturated heterocycles. The summed E-state index contributed by atoms with van der Waals surface area (Å²) in [6, 6.07) is 18.8. The van der Waals surface area contributed by atoms with E-state index in [0.717, 1.165) is 30.3 Å². The van der Waals surface area contributed by atoms with Gasteiger partial charge in [-0.25, -0.2) is 8.42 Å². The van der Waals surface area contributed by atoms with Crippen LogP contribution < -0.4 is 0 Å². The van der Waals surface area contributed by atoms with Gasteiger partial charge in [0, 0.05) is 43.5 Å². The van der Waals surface area contributed by atoms with Gasteiger partial charge >= 0.3 is 0 Å². The maximum Gasteiger partial charge on any atom is 0.263 e. The molecule has 0 bridgehead atoms. The molecular formula is C19H22N2O2S2. The fourth-order valence-corrected chi connectivity index (χ4v) is 4.78. The van der Waals surface area contributed by atoms with E-state index in [9.17, 15) is 8.42 Å². The van der Waals surface area contributed by atoms with E-state index in [0.29, 0.717) is 4.90 Å². The van der Waals surface area contributed by atoms with E-state index in [2.05, 4.69) is 17.0 Å². The van der Waals surface area contributed by atoms with Crippen LogP contribution in [0.15, 0.2) is 77.5 Å². The number of thioether (sulfide) groups is 1. The summed E-state index contributed by atoms with van der Waals surface area (Å²) in [7, 11) is -1.91. The van der Waals surface area contributed by atoms with Gasteiger partial charge in [0.1, 0.15) is 0 Å². The van der Waals surface area contributed by atoms with Crippen molar-refractivity contribution in [3.8, 4) is 0 Å². The minimum absolute atomic E-state index is 0.312. The third kappa shape index (κ3) is 4.38. The molecule has 1 aliphatic rings. The molecule has 1 heterocycles. The molecule has 3 rings (SSSR count). The first-order chi connectivity index (χ1) is 12.1. The van der Waals surface area contributed by atoms with E-state index < -0.39 is 10.0 Å². The first-order valence-corrected chi connectivity index (χ1v) is 10.8. The number of hydrogen-bond acceptors (Lipinski definition) is 4. The van der Waals surface area contributed by atoms with Crippen LogP contribution in [0, 0.1) is 0 Å². The third-order valence-electron chi connectivity index (χ3n) is 4.13. The molecule has 0 amide bonds. The summed E-state index contributed by atoms with van der Waals surface area (Å²) in [4.78, 5) is 2.58. The van der Waals surface area contributed by atoms with Gasteiger partial charge < -0.3 is 4.90 Å². The predicted octanol–water partition coefficient (Wildman–Crippen LogP) is 3.40. The number of sulfonamides is 1. The number of nitrogens with zero attached hydrogens (tertiary/aromatic N) is 2. The molecule has 1 fully saturated rings. The van der Waals surface area contributed by atoms with E-state index >= 15 is 0 Å². The SMILES string of the molecule is CN(/C=C1\CSCCN1Cc1ccccc1)S(=O)(=O)c1ccccc1. The van der Waals surface area contributed by atoms with Crippen LogP contribution in [0.1, 0.15) is 5.56 Å². The molecule has 2 aromatic carbocycles. The lowest BCUT2D eigenvalue weighted by molar-refractivity contribution is 0.348. The Balaban J connectivity index is 1.82. The molecule has 0 aliphatic carbocycles. The van der Waals surface area contributed by atoms with Gasteiger partial charge in [0.25, 0.3) is 10.0 Å². The van der Waals surface area contributed by atoms with Crippen molar-refractivity contribution in [2.75, 3.05) is 25.1 Å². The summed E-state index contributed by atoms with van der Waals surface area (Å²) in [5.41, 5.74) is 2.27. The average Bonchev–Trinajstić information content (AvgIpc) is 2.65. The summed E-state index contributed by atoms with van der Waals surface area (Å²) in [5, 5.41) is 0. The molecule has 132 valence electrons. The zero-order chi connectivity index (χ0) is 17.7. The van der Waals surface area contributed by atoms with Crippen LogP contribution in [0.2, 0.25) is 0 Å². The smallest absolute Gasteiger partial charge is 0.263 e. The molecule has 1 aliphatic heterocycles. The highest BCUT2D eigenvalue weighted by atomic mass is 32.2. The van der Waals surface area contributed by atoms with Crippen molar-refractivity contribution >= 4 is 21.8 Å². The summed E-state index contributed by atoms with van der Waals surface area (Å²) in [6.45, 7) is 1.72. The molecule has 25 heavy (non-hydrogen) atoms. The number of hydrogen-bond donors (Lipinski definition) is 0. The van der Waals surface area contributed by atoms with Crippen LogP contribution in [0.5, 0.6) is 0 Å². The number of benzene rings is 2. The van der Waals surface area contributed by atoms with Crippen LogP contribution in [0.25, 0.3) is 0 Å². The fourth-order valence-electron chi connectivity index (χ4n) is 2.73. The minimum Gasteiger partial charge on any atom is -0.368 e. The predicted molar refractivity (Wildman–Crippen MR) is 104 cm³/mol. The van der Waals surface area contributed by atoms with Gasteiger partial charge in [-0.2, -0.15) is 11.8 Å². The Hall–Kier alpha value is -1.92. The van der Waals surface area contributed by atoms with Gasteiger partial charge in [0.2, 0.25) is 0 Å². The molecule has 4 nitrogen and oxygen atoms in total. The summed E-state index contributed by atoms with van der Waals surface area (Å²) >= 11 is 1.83. The van der Waals surface area contributed by atoms with Crippen molar-refractivity contribution in [3.63, 3.8) is 0 Å². The Bertz CT molecular complexity index is 821. The zero-order valence-electron chi connectivity index (χ0n) is 14.2. The molecule has 0 radical (unpaired) electrons. The first-order valence-electron chi connectivity index (χ1n) is 8.18. The lowest BCUT2D eigenvalue weighted by Crippen LogP contribution is -2.33. The van der Waals surface area contributed by atoms with Crippen LogP contribution in [0.4, 0.5) is 0 Å². The highest BCUT2D eigenvalue weighted by Crippen LogP contribution is 2.24. The quantitative estimate of drug-likeness (QED) is 0.804. The van der Waals surface area contributed by atoms with Gasteiger partial charge in [-0.1, -0.05) is 48.5 Å². The van der Waals surface area contributed by atoms with Crippen molar-refractivity contribution in [1.29, 1.82) is 0 Å². The van der Waals surface area contributed by atoms with Crippen molar-refractivity contribution in [1.82, 2.24) is 9.21 Å². The van der Waals surface area contributed by atoms with E-state index in [1.54, 1.807) is 37.5 Å². The van der Waals surface area contributed by atoms with E-state index in [1.165, 1.54) is 9.87 Å². The normalized spacial score (nSPS) is 16.8. The maximum atomic E-state index is 12.7. The van der Waals surface area contributed by atoms with Crippen molar-refractivity contribution < 1.29 is 8.42 Å². The second-order valence-corrected chi connectivity index (χ2v) is 9.02. The van der Waals surface area contributed by atoms with Crippen molar-refractivity contribution in [2.45, 2.75) is 11.4 Å². The molecule has 0 spiro atoms. The molecule has 0 N–H and O–H groups in total. The van der Waals surface area contributed by atoms with Gasteiger partial charge in [-0.15, -0.1) is 0 Å². The fraction of sp³-hybridized carbons (Fsp3) is 0.263. The zero-order valence-corrected chi connectivity index (χ0v) is 15.8. The minimum atomic E-state index is -3.51. The van der Waals surface area contributed by atoms with Gasteiger partial charge in [-0.3, -0.25) is 4.31 Å². The third-order valence-corrected chi connectivity index (χ3v) is 6.83. The standard InChI is InChI=1S/C19H22N2O2S2/c1-20(25(22,23)19-10-6-3-7-11-19)15-18-16-24-13-12-21(18)14-17-8-4-2-5-9-17/h2-11,15H,12-14,16H2,1H3/b18-15+. The highest BCUT2D eigenvalue weighted by molar-refractivity contribution is 7.99. The lowest BCUT2D eigenvalue weighted by Gasteiger charge is -2.32. The molecule has 0 saturated carbocycles. The van der Waals surface area contributed by atoms with Crippen molar-refractivity contribution in [2.24, 2.45) is 0 Å². The number of rotatable bonds is 5. The van der Waals surface area contributed by atoms with Crippen LogP contribution >= 0.6 is 11.8 Å². The summed E-state index contributed by atoms with van der Waals surface area (Å²) < 4.78 is 26.8. The monoisotopic (exact) mass is 374 g/mol. The molecular weight excluding hydrogens is 352 g/mol. The first kappa shape index (κ1) is 17.9. The Morgan fingerprint density at radius 3 is 2.40 bits per heavy atom. The highest BCUT2D eigenvalue weighted by Gasteiger charge is 2.21. The van der Waals surface area contributed by atoms with Crippen LogP contribution in [-0.2, 0) is 16.6 Å². The molecule has 0 aromatic heterocycles. The van der Waals surface area contributed by atoms with E-state index in [4.69, 9.17) is 0 Å². The summed E-state index contributed by atoms with van der Waals surface area (Å²) in [5.74, 6) is 1.88. The van der Waals surface area contributed by atoms with Crippen molar-refractivity contribution in [3.05, 3.63) is 78.1 Å². The van der Waals surface area contributed by atoms with Gasteiger partial charge in [0.05, 0.1) is 4.90 Å². The van der Waals surface area contributed by atoms with E-state index in [1.807, 2.05) is 36.0 Å². The average molecular weight is 375 g/mol. The Kier molecular flexibility index (Phi) is 5.71. The Morgan fingerprint density at radius 2 is 1.72 bits per heavy atom.